The van der Waals surface area contributed by atoms with Crippen LogP contribution in [0.1, 0.15) is 30.0 Å². The second-order valence-electron chi connectivity index (χ2n) is 4.60. The molecule has 5 heteroatoms. The van der Waals surface area contributed by atoms with Crippen LogP contribution in [0.2, 0.25) is 0 Å². The Balaban J connectivity index is 0.00000162. The number of ether oxygens (including phenoxy) is 1. The van der Waals surface area contributed by atoms with Crippen molar-refractivity contribution in [1.82, 2.24) is 0 Å². The molecular formula is C13H19ClFNO2. The fourth-order valence-corrected chi connectivity index (χ4v) is 2.41. The standard InChI is InChI=1S/C13H18FNO2.ClH/c1-8-2-3-10(14)13(16)11(8)12(15)9-4-6-17-7-5-9;/h2-3,9,12,16H,4-7,15H2,1H3;1H/t12-;/m1./s1. The van der Waals surface area contributed by atoms with Crippen molar-refractivity contribution in [2.24, 2.45) is 11.7 Å². The second kappa shape index (κ2) is 6.36. The van der Waals surface area contributed by atoms with Crippen LogP contribution in [-0.2, 0) is 4.74 Å². The van der Waals surface area contributed by atoms with Gasteiger partial charge >= 0.3 is 0 Å². The van der Waals surface area contributed by atoms with Gasteiger partial charge in [0.25, 0.3) is 0 Å². The van der Waals surface area contributed by atoms with Crippen LogP contribution in [0.3, 0.4) is 0 Å². The van der Waals surface area contributed by atoms with Gasteiger partial charge in [-0.3, -0.25) is 0 Å². The maximum Gasteiger partial charge on any atom is 0.165 e. The van der Waals surface area contributed by atoms with Crippen molar-refractivity contribution in [3.63, 3.8) is 0 Å². The first-order valence-corrected chi connectivity index (χ1v) is 5.92. The number of hydrogen-bond acceptors (Lipinski definition) is 3. The highest BCUT2D eigenvalue weighted by Crippen LogP contribution is 2.36. The fourth-order valence-electron chi connectivity index (χ4n) is 2.41. The van der Waals surface area contributed by atoms with Crippen LogP contribution in [-0.4, -0.2) is 18.3 Å². The lowest BCUT2D eigenvalue weighted by Crippen LogP contribution is -2.28. The monoisotopic (exact) mass is 275 g/mol. The normalized spacial score (nSPS) is 18.2. The number of aromatic hydroxyl groups is 1. The van der Waals surface area contributed by atoms with Gasteiger partial charge in [-0.15, -0.1) is 12.4 Å². The molecule has 18 heavy (non-hydrogen) atoms. The molecular weight excluding hydrogens is 257 g/mol. The summed E-state index contributed by atoms with van der Waals surface area (Å²) in [5.41, 5.74) is 7.53. The lowest BCUT2D eigenvalue weighted by atomic mass is 9.85. The first-order valence-electron chi connectivity index (χ1n) is 5.92. The highest BCUT2D eigenvalue weighted by Gasteiger charge is 2.26. The minimum Gasteiger partial charge on any atom is -0.505 e. The summed E-state index contributed by atoms with van der Waals surface area (Å²) < 4.78 is 18.6. The quantitative estimate of drug-likeness (QED) is 0.872. The Morgan fingerprint density at radius 1 is 1.39 bits per heavy atom. The van der Waals surface area contributed by atoms with Crippen LogP contribution >= 0.6 is 12.4 Å². The van der Waals surface area contributed by atoms with E-state index in [-0.39, 0.29) is 30.1 Å². The molecule has 0 radical (unpaired) electrons. The van der Waals surface area contributed by atoms with Gasteiger partial charge in [-0.25, -0.2) is 4.39 Å². The predicted molar refractivity (Wildman–Crippen MR) is 70.5 cm³/mol. The van der Waals surface area contributed by atoms with E-state index in [4.69, 9.17) is 10.5 Å². The molecule has 0 bridgehead atoms. The summed E-state index contributed by atoms with van der Waals surface area (Å²) in [6.07, 6.45) is 1.72. The number of aryl methyl sites for hydroxylation is 1. The number of phenolic OH excluding ortho intramolecular Hbond substituents is 1. The van der Waals surface area contributed by atoms with Crippen molar-refractivity contribution >= 4 is 12.4 Å². The molecule has 0 saturated carbocycles. The van der Waals surface area contributed by atoms with Gasteiger partial charge in [0.2, 0.25) is 0 Å². The number of halogens is 2. The molecule has 3 N–H and O–H groups in total. The zero-order chi connectivity index (χ0) is 12.4. The van der Waals surface area contributed by atoms with Crippen LogP contribution in [0.5, 0.6) is 5.75 Å². The summed E-state index contributed by atoms with van der Waals surface area (Å²) in [6, 6.07) is 2.60. The molecule has 0 aromatic heterocycles. The van der Waals surface area contributed by atoms with E-state index in [1.165, 1.54) is 6.07 Å². The zero-order valence-electron chi connectivity index (χ0n) is 10.4. The van der Waals surface area contributed by atoms with E-state index in [1.807, 2.05) is 6.92 Å². The van der Waals surface area contributed by atoms with Gasteiger partial charge < -0.3 is 15.6 Å². The summed E-state index contributed by atoms with van der Waals surface area (Å²) >= 11 is 0. The average molecular weight is 276 g/mol. The molecule has 1 fully saturated rings. The largest absolute Gasteiger partial charge is 0.505 e. The van der Waals surface area contributed by atoms with E-state index >= 15 is 0 Å². The maximum absolute atomic E-state index is 13.4. The van der Waals surface area contributed by atoms with Crippen LogP contribution in [0.25, 0.3) is 0 Å². The Kier molecular flexibility index (Phi) is 5.38. The van der Waals surface area contributed by atoms with Gasteiger partial charge in [-0.2, -0.15) is 0 Å². The van der Waals surface area contributed by atoms with E-state index in [9.17, 15) is 9.50 Å². The Labute approximate surface area is 113 Å². The molecule has 0 unspecified atom stereocenters. The molecule has 1 aliphatic heterocycles. The van der Waals surface area contributed by atoms with Gasteiger partial charge in [-0.05, 0) is 37.3 Å². The smallest absolute Gasteiger partial charge is 0.165 e. The van der Waals surface area contributed by atoms with E-state index in [2.05, 4.69) is 0 Å². The minimum atomic E-state index is -0.604. The van der Waals surface area contributed by atoms with Crippen molar-refractivity contribution in [2.45, 2.75) is 25.8 Å². The van der Waals surface area contributed by atoms with E-state index < -0.39 is 5.82 Å². The lowest BCUT2D eigenvalue weighted by Gasteiger charge is -2.29. The minimum absolute atomic E-state index is 0. The number of hydrogen-bond donors (Lipinski definition) is 2. The van der Waals surface area contributed by atoms with E-state index in [1.54, 1.807) is 6.07 Å². The molecule has 1 atom stereocenters. The van der Waals surface area contributed by atoms with Crippen molar-refractivity contribution in [1.29, 1.82) is 0 Å². The number of rotatable bonds is 2. The summed E-state index contributed by atoms with van der Waals surface area (Å²) in [7, 11) is 0. The number of phenols is 1. The molecule has 3 nitrogen and oxygen atoms in total. The summed E-state index contributed by atoms with van der Waals surface area (Å²) in [6.45, 7) is 3.22. The molecule has 1 heterocycles. The third kappa shape index (κ3) is 2.94. The SMILES string of the molecule is Cc1ccc(F)c(O)c1[C@H](N)C1CCOCC1.Cl. The maximum atomic E-state index is 13.4. The molecule has 1 aliphatic rings. The zero-order valence-corrected chi connectivity index (χ0v) is 11.2. The molecule has 0 spiro atoms. The number of benzene rings is 1. The Hall–Kier alpha value is -0.840. The third-order valence-corrected chi connectivity index (χ3v) is 3.49. The molecule has 2 rings (SSSR count). The molecule has 0 aliphatic carbocycles. The van der Waals surface area contributed by atoms with Crippen molar-refractivity contribution in [3.8, 4) is 5.75 Å². The fraction of sp³-hybridized carbons (Fsp3) is 0.538. The molecule has 1 aromatic carbocycles. The van der Waals surface area contributed by atoms with Crippen LogP contribution in [0, 0.1) is 18.7 Å². The molecule has 102 valence electrons. The Morgan fingerprint density at radius 2 is 2.00 bits per heavy atom. The highest BCUT2D eigenvalue weighted by molar-refractivity contribution is 5.85. The van der Waals surface area contributed by atoms with Crippen LogP contribution < -0.4 is 5.73 Å². The predicted octanol–water partition coefficient (Wildman–Crippen LogP) is 2.69. The van der Waals surface area contributed by atoms with Crippen molar-refractivity contribution in [3.05, 3.63) is 29.1 Å². The van der Waals surface area contributed by atoms with Gasteiger partial charge in [-0.1, -0.05) is 6.07 Å². The summed E-state index contributed by atoms with van der Waals surface area (Å²) in [4.78, 5) is 0. The lowest BCUT2D eigenvalue weighted by molar-refractivity contribution is 0.0580. The van der Waals surface area contributed by atoms with Crippen molar-refractivity contribution in [2.75, 3.05) is 13.2 Å². The Morgan fingerprint density at radius 3 is 2.61 bits per heavy atom. The van der Waals surface area contributed by atoms with Gasteiger partial charge in [0.15, 0.2) is 11.6 Å². The topological polar surface area (TPSA) is 55.5 Å². The average Bonchev–Trinajstić information content (AvgIpc) is 2.35. The molecule has 0 amide bonds. The van der Waals surface area contributed by atoms with Gasteiger partial charge in [0.05, 0.1) is 0 Å². The molecule has 1 aromatic rings. The Bertz CT molecular complexity index is 408. The second-order valence-corrected chi connectivity index (χ2v) is 4.60. The summed E-state index contributed by atoms with van der Waals surface area (Å²) in [5, 5.41) is 9.79. The summed E-state index contributed by atoms with van der Waals surface area (Å²) in [5.74, 6) is -0.660. The first kappa shape index (κ1) is 15.2. The van der Waals surface area contributed by atoms with Crippen LogP contribution in [0.15, 0.2) is 12.1 Å². The number of nitrogens with two attached hydrogens (primary N) is 1. The molecule has 1 saturated heterocycles. The van der Waals surface area contributed by atoms with E-state index in [0.29, 0.717) is 18.8 Å². The third-order valence-electron chi connectivity index (χ3n) is 3.49. The van der Waals surface area contributed by atoms with Gasteiger partial charge in [0, 0.05) is 24.8 Å². The van der Waals surface area contributed by atoms with E-state index in [0.717, 1.165) is 18.4 Å². The van der Waals surface area contributed by atoms with Gasteiger partial charge in [0.1, 0.15) is 0 Å². The van der Waals surface area contributed by atoms with Crippen molar-refractivity contribution < 1.29 is 14.2 Å². The first-order chi connectivity index (χ1) is 8.11. The highest BCUT2D eigenvalue weighted by atomic mass is 35.5. The van der Waals surface area contributed by atoms with Crippen LogP contribution in [0.4, 0.5) is 4.39 Å².